The zero-order valence-corrected chi connectivity index (χ0v) is 12.6. The van der Waals surface area contributed by atoms with E-state index in [1.807, 2.05) is 36.4 Å². The van der Waals surface area contributed by atoms with Crippen molar-refractivity contribution in [3.8, 4) is 0 Å². The van der Waals surface area contributed by atoms with Gasteiger partial charge in [0.15, 0.2) is 0 Å². The molecular formula is C18H18N2O2. The summed E-state index contributed by atoms with van der Waals surface area (Å²) in [5, 5.41) is 5.50. The van der Waals surface area contributed by atoms with Crippen molar-refractivity contribution in [2.75, 3.05) is 10.6 Å². The van der Waals surface area contributed by atoms with E-state index < -0.39 is 0 Å². The van der Waals surface area contributed by atoms with Crippen molar-refractivity contribution >= 4 is 29.3 Å². The van der Waals surface area contributed by atoms with Crippen LogP contribution in [0.1, 0.15) is 19.4 Å². The summed E-state index contributed by atoms with van der Waals surface area (Å²) in [6.45, 7) is 3.21. The second-order valence-electron chi connectivity index (χ2n) is 4.95. The maximum absolute atomic E-state index is 12.2. The van der Waals surface area contributed by atoms with Gasteiger partial charge in [-0.3, -0.25) is 9.59 Å². The van der Waals surface area contributed by atoms with E-state index >= 15 is 0 Å². The average Bonchev–Trinajstić information content (AvgIpc) is 2.48. The van der Waals surface area contributed by atoms with Crippen LogP contribution in [0.5, 0.6) is 0 Å². The molecule has 112 valence electrons. The number of rotatable bonds is 4. The predicted octanol–water partition coefficient (Wildman–Crippen LogP) is 3.69. The van der Waals surface area contributed by atoms with Crippen LogP contribution in [-0.4, -0.2) is 11.8 Å². The summed E-state index contributed by atoms with van der Waals surface area (Å²) >= 11 is 0. The number of carbonyl (C=O) groups is 2. The number of nitrogens with one attached hydrogen (secondary N) is 2. The van der Waals surface area contributed by atoms with Crippen LogP contribution in [0.15, 0.2) is 60.2 Å². The lowest BCUT2D eigenvalue weighted by Gasteiger charge is -2.08. The fraction of sp³-hybridized carbons (Fsp3) is 0.111. The van der Waals surface area contributed by atoms with Crippen LogP contribution in [0.25, 0.3) is 6.08 Å². The third-order valence-electron chi connectivity index (χ3n) is 2.98. The van der Waals surface area contributed by atoms with Gasteiger partial charge in [0.2, 0.25) is 5.91 Å². The Morgan fingerprint density at radius 2 is 1.50 bits per heavy atom. The predicted molar refractivity (Wildman–Crippen MR) is 89.5 cm³/mol. The van der Waals surface area contributed by atoms with Crippen molar-refractivity contribution < 1.29 is 9.59 Å². The van der Waals surface area contributed by atoms with Crippen LogP contribution in [-0.2, 0) is 9.59 Å². The highest BCUT2D eigenvalue weighted by atomic mass is 16.2. The number of carbonyl (C=O) groups excluding carboxylic acids is 2. The topological polar surface area (TPSA) is 58.2 Å². The summed E-state index contributed by atoms with van der Waals surface area (Å²) in [6, 6.07) is 16.7. The first-order chi connectivity index (χ1) is 10.5. The molecule has 0 aromatic heterocycles. The number of anilines is 2. The maximum Gasteiger partial charge on any atom is 0.251 e. The van der Waals surface area contributed by atoms with Gasteiger partial charge >= 0.3 is 0 Å². The SMILES string of the molecule is CC(=O)Nc1cccc(NC(=O)/C(C)=C/c2ccccc2)c1. The highest BCUT2D eigenvalue weighted by molar-refractivity contribution is 6.06. The molecule has 0 bridgehead atoms. The molecule has 2 aromatic carbocycles. The van der Waals surface area contributed by atoms with Crippen molar-refractivity contribution in [3.05, 3.63) is 65.7 Å². The van der Waals surface area contributed by atoms with Gasteiger partial charge in [-0.05, 0) is 36.8 Å². The smallest absolute Gasteiger partial charge is 0.251 e. The first kappa shape index (κ1) is 15.5. The zero-order valence-electron chi connectivity index (χ0n) is 12.6. The molecule has 0 spiro atoms. The van der Waals surface area contributed by atoms with E-state index in [-0.39, 0.29) is 11.8 Å². The highest BCUT2D eigenvalue weighted by Gasteiger charge is 2.06. The van der Waals surface area contributed by atoms with Crippen LogP contribution < -0.4 is 10.6 Å². The molecule has 2 rings (SSSR count). The third kappa shape index (κ3) is 4.59. The molecule has 0 atom stereocenters. The molecule has 0 saturated heterocycles. The first-order valence-electron chi connectivity index (χ1n) is 6.97. The van der Waals surface area contributed by atoms with Gasteiger partial charge in [0.05, 0.1) is 0 Å². The lowest BCUT2D eigenvalue weighted by atomic mass is 10.1. The molecule has 0 aliphatic rings. The van der Waals surface area contributed by atoms with Crippen LogP contribution in [0.2, 0.25) is 0 Å². The van der Waals surface area contributed by atoms with E-state index in [0.29, 0.717) is 16.9 Å². The molecule has 0 saturated carbocycles. The summed E-state index contributed by atoms with van der Waals surface area (Å²) in [6.07, 6.45) is 1.83. The largest absolute Gasteiger partial charge is 0.326 e. The van der Waals surface area contributed by atoms with Crippen molar-refractivity contribution in [2.45, 2.75) is 13.8 Å². The molecule has 4 heteroatoms. The van der Waals surface area contributed by atoms with E-state index in [4.69, 9.17) is 0 Å². The second-order valence-corrected chi connectivity index (χ2v) is 4.95. The van der Waals surface area contributed by atoms with Crippen LogP contribution in [0.4, 0.5) is 11.4 Å². The number of amides is 2. The van der Waals surface area contributed by atoms with Gasteiger partial charge in [0.25, 0.3) is 5.91 Å². The molecule has 2 amide bonds. The summed E-state index contributed by atoms with van der Waals surface area (Å²) in [7, 11) is 0. The summed E-state index contributed by atoms with van der Waals surface area (Å²) in [4.78, 5) is 23.2. The Kier molecular flexibility index (Phi) is 5.09. The summed E-state index contributed by atoms with van der Waals surface area (Å²) in [5.41, 5.74) is 2.87. The van der Waals surface area contributed by atoms with E-state index in [1.54, 1.807) is 31.2 Å². The first-order valence-corrected chi connectivity index (χ1v) is 6.97. The van der Waals surface area contributed by atoms with Crippen LogP contribution >= 0.6 is 0 Å². The Balaban J connectivity index is 2.08. The van der Waals surface area contributed by atoms with Gasteiger partial charge in [0.1, 0.15) is 0 Å². The third-order valence-corrected chi connectivity index (χ3v) is 2.98. The van der Waals surface area contributed by atoms with Crippen molar-refractivity contribution in [1.82, 2.24) is 0 Å². The maximum atomic E-state index is 12.2. The molecule has 0 aliphatic heterocycles. The fourth-order valence-corrected chi connectivity index (χ4v) is 1.97. The fourth-order valence-electron chi connectivity index (χ4n) is 1.97. The lowest BCUT2D eigenvalue weighted by Crippen LogP contribution is -2.13. The van der Waals surface area contributed by atoms with Gasteiger partial charge in [0, 0.05) is 23.9 Å². The Hall–Kier alpha value is -2.88. The molecule has 0 fully saturated rings. The van der Waals surface area contributed by atoms with Gasteiger partial charge in [-0.1, -0.05) is 36.4 Å². The molecule has 0 aliphatic carbocycles. The molecule has 22 heavy (non-hydrogen) atoms. The van der Waals surface area contributed by atoms with Gasteiger partial charge in [-0.2, -0.15) is 0 Å². The van der Waals surface area contributed by atoms with Crippen molar-refractivity contribution in [3.63, 3.8) is 0 Å². The Morgan fingerprint density at radius 1 is 0.864 bits per heavy atom. The van der Waals surface area contributed by atoms with E-state index in [0.717, 1.165) is 5.56 Å². The van der Waals surface area contributed by atoms with E-state index in [2.05, 4.69) is 10.6 Å². The summed E-state index contributed by atoms with van der Waals surface area (Å²) in [5.74, 6) is -0.326. The minimum atomic E-state index is -0.177. The van der Waals surface area contributed by atoms with E-state index in [9.17, 15) is 9.59 Å². The molecule has 0 unspecified atom stereocenters. The number of hydrogen-bond donors (Lipinski definition) is 2. The molecule has 0 radical (unpaired) electrons. The van der Waals surface area contributed by atoms with Crippen molar-refractivity contribution in [1.29, 1.82) is 0 Å². The highest BCUT2D eigenvalue weighted by Crippen LogP contribution is 2.16. The van der Waals surface area contributed by atoms with Crippen LogP contribution in [0.3, 0.4) is 0 Å². The number of hydrogen-bond acceptors (Lipinski definition) is 2. The summed E-state index contributed by atoms with van der Waals surface area (Å²) < 4.78 is 0. The standard InChI is InChI=1S/C18H18N2O2/c1-13(11-15-7-4-3-5-8-15)18(22)20-17-10-6-9-16(12-17)19-14(2)21/h3-12H,1-2H3,(H,19,21)(H,20,22)/b13-11+. The zero-order chi connectivity index (χ0) is 15.9. The molecule has 0 heterocycles. The van der Waals surface area contributed by atoms with Crippen LogP contribution in [0, 0.1) is 0 Å². The molecule has 2 N–H and O–H groups in total. The van der Waals surface area contributed by atoms with E-state index in [1.165, 1.54) is 6.92 Å². The molecular weight excluding hydrogens is 276 g/mol. The minimum Gasteiger partial charge on any atom is -0.326 e. The Morgan fingerprint density at radius 3 is 2.14 bits per heavy atom. The Bertz CT molecular complexity index is 706. The minimum absolute atomic E-state index is 0.149. The monoisotopic (exact) mass is 294 g/mol. The molecule has 2 aromatic rings. The molecule has 4 nitrogen and oxygen atoms in total. The van der Waals surface area contributed by atoms with Gasteiger partial charge in [-0.25, -0.2) is 0 Å². The number of benzene rings is 2. The average molecular weight is 294 g/mol. The normalized spacial score (nSPS) is 10.9. The second kappa shape index (κ2) is 7.22. The lowest BCUT2D eigenvalue weighted by molar-refractivity contribution is -0.114. The Labute approximate surface area is 129 Å². The quantitative estimate of drug-likeness (QED) is 0.845. The van der Waals surface area contributed by atoms with Gasteiger partial charge < -0.3 is 10.6 Å². The van der Waals surface area contributed by atoms with Crippen molar-refractivity contribution in [2.24, 2.45) is 0 Å². The van der Waals surface area contributed by atoms with Gasteiger partial charge in [-0.15, -0.1) is 0 Å².